The van der Waals surface area contributed by atoms with Crippen LogP contribution in [0.15, 0.2) is 24.3 Å². The quantitative estimate of drug-likeness (QED) is 0.864. The smallest absolute Gasteiger partial charge is 0.252 e. The summed E-state index contributed by atoms with van der Waals surface area (Å²) in [6.45, 7) is 4.19. The van der Waals surface area contributed by atoms with Gasteiger partial charge in [-0.15, -0.1) is 0 Å². The van der Waals surface area contributed by atoms with Crippen LogP contribution < -0.4 is 5.32 Å². The fourth-order valence-corrected chi connectivity index (χ4v) is 1.77. The van der Waals surface area contributed by atoms with Gasteiger partial charge in [0.15, 0.2) is 0 Å². The topological polar surface area (TPSA) is 42.0 Å². The van der Waals surface area contributed by atoms with Gasteiger partial charge in [0.2, 0.25) is 0 Å². The first-order chi connectivity index (χ1) is 8.11. The van der Waals surface area contributed by atoms with Gasteiger partial charge in [0.1, 0.15) is 5.82 Å². The highest BCUT2D eigenvalue weighted by Gasteiger charge is 2.11. The van der Waals surface area contributed by atoms with Gasteiger partial charge in [-0.25, -0.2) is 4.39 Å². The highest BCUT2D eigenvalue weighted by atomic mass is 19.1. The van der Waals surface area contributed by atoms with Crippen LogP contribution >= 0.6 is 0 Å². The third kappa shape index (κ3) is 2.25. The van der Waals surface area contributed by atoms with E-state index in [0.29, 0.717) is 23.0 Å². The number of carbonyl (C=O) groups is 1. The highest BCUT2D eigenvalue weighted by molar-refractivity contribution is 6.06. The normalized spacial score (nSPS) is 10.5. The molecule has 1 aromatic carbocycles. The molecule has 3 nitrogen and oxygen atoms in total. The summed E-state index contributed by atoms with van der Waals surface area (Å²) < 4.78 is 13.2. The maximum absolute atomic E-state index is 13.2. The molecule has 0 spiro atoms. The SMILES string of the molecule is CCNC(=O)c1cc(C)nc2ccc(F)cc12. The maximum Gasteiger partial charge on any atom is 0.252 e. The molecule has 88 valence electrons. The van der Waals surface area contributed by atoms with E-state index in [-0.39, 0.29) is 11.7 Å². The first-order valence-corrected chi connectivity index (χ1v) is 5.47. The number of aryl methyl sites for hydroxylation is 1. The molecule has 0 saturated carbocycles. The van der Waals surface area contributed by atoms with Crippen LogP contribution in [0, 0.1) is 12.7 Å². The van der Waals surface area contributed by atoms with Crippen molar-refractivity contribution in [1.82, 2.24) is 10.3 Å². The van der Waals surface area contributed by atoms with Crippen molar-refractivity contribution in [2.24, 2.45) is 0 Å². The van der Waals surface area contributed by atoms with E-state index in [0.717, 1.165) is 5.69 Å². The monoisotopic (exact) mass is 232 g/mol. The molecule has 0 aliphatic heterocycles. The zero-order chi connectivity index (χ0) is 12.4. The van der Waals surface area contributed by atoms with Gasteiger partial charge in [-0.05, 0) is 38.1 Å². The Labute approximate surface area is 98.7 Å². The third-order valence-corrected chi connectivity index (χ3v) is 2.48. The number of fused-ring (bicyclic) bond motifs is 1. The van der Waals surface area contributed by atoms with E-state index in [2.05, 4.69) is 10.3 Å². The molecule has 1 amide bonds. The average molecular weight is 232 g/mol. The second kappa shape index (κ2) is 4.49. The van der Waals surface area contributed by atoms with Crippen molar-refractivity contribution in [2.75, 3.05) is 6.54 Å². The molecule has 1 N–H and O–H groups in total. The lowest BCUT2D eigenvalue weighted by atomic mass is 10.1. The molecule has 0 atom stereocenters. The van der Waals surface area contributed by atoms with Crippen molar-refractivity contribution in [3.8, 4) is 0 Å². The molecule has 17 heavy (non-hydrogen) atoms. The predicted molar refractivity (Wildman–Crippen MR) is 64.4 cm³/mol. The summed E-state index contributed by atoms with van der Waals surface area (Å²) in [6.07, 6.45) is 0. The number of benzene rings is 1. The Balaban J connectivity index is 2.67. The average Bonchev–Trinajstić information content (AvgIpc) is 2.29. The van der Waals surface area contributed by atoms with Gasteiger partial charge in [-0.3, -0.25) is 9.78 Å². The molecule has 0 unspecified atom stereocenters. The molecule has 0 aliphatic rings. The molecule has 0 aliphatic carbocycles. The molecular formula is C13H13FN2O. The first kappa shape index (κ1) is 11.5. The van der Waals surface area contributed by atoms with Gasteiger partial charge < -0.3 is 5.32 Å². The van der Waals surface area contributed by atoms with Crippen LogP contribution in [0.1, 0.15) is 23.0 Å². The fourth-order valence-electron chi connectivity index (χ4n) is 1.77. The lowest BCUT2D eigenvalue weighted by Crippen LogP contribution is -2.23. The van der Waals surface area contributed by atoms with Gasteiger partial charge in [0.25, 0.3) is 5.91 Å². The Kier molecular flexibility index (Phi) is 3.04. The van der Waals surface area contributed by atoms with Gasteiger partial charge in [0.05, 0.1) is 11.1 Å². The second-order valence-corrected chi connectivity index (χ2v) is 3.83. The van der Waals surface area contributed by atoms with E-state index in [1.165, 1.54) is 12.1 Å². The van der Waals surface area contributed by atoms with Crippen LogP contribution in [0.4, 0.5) is 4.39 Å². The fraction of sp³-hybridized carbons (Fsp3) is 0.231. The molecule has 1 heterocycles. The standard InChI is InChI=1S/C13H13FN2O/c1-3-15-13(17)11-6-8(2)16-12-5-4-9(14)7-10(11)12/h4-7H,3H2,1-2H3,(H,15,17). The van der Waals surface area contributed by atoms with Crippen LogP contribution in [-0.4, -0.2) is 17.4 Å². The summed E-state index contributed by atoms with van der Waals surface area (Å²) in [6, 6.07) is 5.94. The summed E-state index contributed by atoms with van der Waals surface area (Å²) in [5.41, 5.74) is 1.84. The van der Waals surface area contributed by atoms with Crippen molar-refractivity contribution in [2.45, 2.75) is 13.8 Å². The van der Waals surface area contributed by atoms with E-state index in [4.69, 9.17) is 0 Å². The summed E-state index contributed by atoms with van der Waals surface area (Å²) in [4.78, 5) is 16.1. The van der Waals surface area contributed by atoms with Gasteiger partial charge in [-0.2, -0.15) is 0 Å². The maximum atomic E-state index is 13.2. The summed E-state index contributed by atoms with van der Waals surface area (Å²) in [7, 11) is 0. The van der Waals surface area contributed by atoms with Crippen molar-refractivity contribution >= 4 is 16.8 Å². The number of rotatable bonds is 2. The van der Waals surface area contributed by atoms with Crippen molar-refractivity contribution < 1.29 is 9.18 Å². The summed E-state index contributed by atoms with van der Waals surface area (Å²) in [5.74, 6) is -0.567. The van der Waals surface area contributed by atoms with Crippen LogP contribution in [0.2, 0.25) is 0 Å². The Morgan fingerprint density at radius 1 is 1.41 bits per heavy atom. The molecule has 2 rings (SSSR count). The minimum Gasteiger partial charge on any atom is -0.352 e. The Morgan fingerprint density at radius 3 is 2.88 bits per heavy atom. The van der Waals surface area contributed by atoms with Crippen LogP contribution in [0.25, 0.3) is 10.9 Å². The molecule has 0 fully saturated rings. The number of carbonyl (C=O) groups excluding carboxylic acids is 1. The molecule has 0 radical (unpaired) electrons. The van der Waals surface area contributed by atoms with Gasteiger partial charge >= 0.3 is 0 Å². The number of pyridine rings is 1. The Hall–Kier alpha value is -1.97. The van der Waals surface area contributed by atoms with Crippen molar-refractivity contribution in [3.63, 3.8) is 0 Å². The minimum absolute atomic E-state index is 0.200. The molecule has 1 aromatic heterocycles. The van der Waals surface area contributed by atoms with E-state index >= 15 is 0 Å². The number of aromatic nitrogens is 1. The van der Waals surface area contributed by atoms with Crippen molar-refractivity contribution in [3.05, 3.63) is 41.3 Å². The largest absolute Gasteiger partial charge is 0.352 e. The Morgan fingerprint density at radius 2 is 2.18 bits per heavy atom. The number of nitrogens with zero attached hydrogens (tertiary/aromatic N) is 1. The number of amides is 1. The molecule has 2 aromatic rings. The number of hydrogen-bond donors (Lipinski definition) is 1. The van der Waals surface area contributed by atoms with Crippen LogP contribution in [0.5, 0.6) is 0 Å². The molecule has 0 saturated heterocycles. The molecule has 4 heteroatoms. The highest BCUT2D eigenvalue weighted by Crippen LogP contribution is 2.19. The summed E-state index contributed by atoms with van der Waals surface area (Å²) >= 11 is 0. The third-order valence-electron chi connectivity index (χ3n) is 2.48. The van der Waals surface area contributed by atoms with Gasteiger partial charge in [0, 0.05) is 17.6 Å². The second-order valence-electron chi connectivity index (χ2n) is 3.83. The number of halogens is 1. The van der Waals surface area contributed by atoms with E-state index in [1.54, 1.807) is 12.1 Å². The lowest BCUT2D eigenvalue weighted by molar-refractivity contribution is 0.0957. The zero-order valence-electron chi connectivity index (χ0n) is 9.75. The van der Waals surface area contributed by atoms with E-state index in [1.807, 2.05) is 13.8 Å². The van der Waals surface area contributed by atoms with E-state index in [9.17, 15) is 9.18 Å². The zero-order valence-corrected chi connectivity index (χ0v) is 9.75. The van der Waals surface area contributed by atoms with Crippen LogP contribution in [0.3, 0.4) is 0 Å². The minimum atomic E-state index is -0.367. The molecular weight excluding hydrogens is 219 g/mol. The first-order valence-electron chi connectivity index (χ1n) is 5.47. The lowest BCUT2D eigenvalue weighted by Gasteiger charge is -2.07. The van der Waals surface area contributed by atoms with E-state index < -0.39 is 0 Å². The number of hydrogen-bond acceptors (Lipinski definition) is 2. The Bertz CT molecular complexity index is 581. The van der Waals surface area contributed by atoms with Crippen LogP contribution in [-0.2, 0) is 0 Å². The van der Waals surface area contributed by atoms with Crippen molar-refractivity contribution in [1.29, 1.82) is 0 Å². The summed E-state index contributed by atoms with van der Waals surface area (Å²) in [5, 5.41) is 3.25. The molecule has 0 bridgehead atoms. The predicted octanol–water partition coefficient (Wildman–Crippen LogP) is 2.43. The van der Waals surface area contributed by atoms with Gasteiger partial charge in [-0.1, -0.05) is 0 Å². The number of nitrogens with one attached hydrogen (secondary N) is 1.